The van der Waals surface area contributed by atoms with Crippen LogP contribution in [0.5, 0.6) is 0 Å². The van der Waals surface area contributed by atoms with Crippen LogP contribution in [0.2, 0.25) is 0 Å². The van der Waals surface area contributed by atoms with Gasteiger partial charge >= 0.3 is 0 Å². The second-order valence-corrected chi connectivity index (χ2v) is 6.26. The summed E-state index contributed by atoms with van der Waals surface area (Å²) >= 11 is 0. The SMILES string of the molecule is Cc1cccc2oc3c(-c4cccc5ccccc45)cccc3c12. The van der Waals surface area contributed by atoms with E-state index in [-0.39, 0.29) is 0 Å². The first-order chi connectivity index (χ1) is 11.8. The number of hydrogen-bond acceptors (Lipinski definition) is 1. The Morgan fingerprint density at radius 1 is 0.625 bits per heavy atom. The van der Waals surface area contributed by atoms with E-state index in [2.05, 4.69) is 85.8 Å². The summed E-state index contributed by atoms with van der Waals surface area (Å²) in [5.74, 6) is 0. The van der Waals surface area contributed by atoms with Crippen LogP contribution in [-0.2, 0) is 0 Å². The maximum atomic E-state index is 6.27. The molecule has 1 heterocycles. The van der Waals surface area contributed by atoms with Crippen molar-refractivity contribution in [2.45, 2.75) is 6.92 Å². The van der Waals surface area contributed by atoms with Crippen LogP contribution in [0.1, 0.15) is 5.56 Å². The molecule has 1 aromatic heterocycles. The van der Waals surface area contributed by atoms with E-state index in [0.717, 1.165) is 16.7 Å². The van der Waals surface area contributed by atoms with Crippen LogP contribution in [0.3, 0.4) is 0 Å². The summed E-state index contributed by atoms with van der Waals surface area (Å²) in [6, 6.07) is 27.6. The van der Waals surface area contributed by atoms with Crippen LogP contribution in [0.4, 0.5) is 0 Å². The number of fused-ring (bicyclic) bond motifs is 4. The third-order valence-electron chi connectivity index (χ3n) is 4.81. The predicted octanol–water partition coefficient (Wildman–Crippen LogP) is 6.71. The lowest BCUT2D eigenvalue weighted by molar-refractivity contribution is 0.670. The quantitative estimate of drug-likeness (QED) is 0.335. The van der Waals surface area contributed by atoms with Gasteiger partial charge in [-0.25, -0.2) is 0 Å². The molecule has 0 radical (unpaired) electrons. The van der Waals surface area contributed by atoms with E-state index in [1.807, 2.05) is 0 Å². The fraction of sp³-hybridized carbons (Fsp3) is 0.0435. The summed E-state index contributed by atoms with van der Waals surface area (Å²) < 4.78 is 6.27. The molecule has 0 aliphatic carbocycles. The topological polar surface area (TPSA) is 13.1 Å². The van der Waals surface area contributed by atoms with Crippen molar-refractivity contribution < 1.29 is 4.42 Å². The van der Waals surface area contributed by atoms with Crippen molar-refractivity contribution in [2.75, 3.05) is 0 Å². The molecule has 0 saturated carbocycles. The molecule has 0 unspecified atom stereocenters. The predicted molar refractivity (Wildman–Crippen MR) is 101 cm³/mol. The van der Waals surface area contributed by atoms with Gasteiger partial charge in [0.25, 0.3) is 0 Å². The fourth-order valence-electron chi connectivity index (χ4n) is 3.70. The van der Waals surface area contributed by atoms with Gasteiger partial charge in [-0.3, -0.25) is 0 Å². The first-order valence-corrected chi connectivity index (χ1v) is 8.22. The molecule has 4 aromatic carbocycles. The molecule has 0 atom stereocenters. The van der Waals surface area contributed by atoms with Gasteiger partial charge in [-0.05, 0) is 34.9 Å². The zero-order valence-electron chi connectivity index (χ0n) is 13.4. The summed E-state index contributed by atoms with van der Waals surface area (Å²) in [5, 5.41) is 4.91. The molecule has 0 N–H and O–H groups in total. The minimum atomic E-state index is 0.956. The maximum Gasteiger partial charge on any atom is 0.143 e. The average molecular weight is 308 g/mol. The Kier molecular flexibility index (Phi) is 2.77. The number of benzene rings is 4. The van der Waals surface area contributed by atoms with Crippen LogP contribution in [0, 0.1) is 6.92 Å². The van der Waals surface area contributed by atoms with Crippen LogP contribution in [0.25, 0.3) is 43.8 Å². The maximum absolute atomic E-state index is 6.27. The fourth-order valence-corrected chi connectivity index (χ4v) is 3.70. The van der Waals surface area contributed by atoms with E-state index < -0.39 is 0 Å². The zero-order chi connectivity index (χ0) is 16.1. The Hall–Kier alpha value is -3.06. The summed E-state index contributed by atoms with van der Waals surface area (Å²) in [6.45, 7) is 2.14. The highest BCUT2D eigenvalue weighted by molar-refractivity contribution is 6.13. The van der Waals surface area contributed by atoms with Gasteiger partial charge in [0, 0.05) is 16.3 Å². The average Bonchev–Trinajstić information content (AvgIpc) is 3.01. The monoisotopic (exact) mass is 308 g/mol. The number of para-hydroxylation sites is 1. The highest BCUT2D eigenvalue weighted by Crippen LogP contribution is 2.39. The molecular weight excluding hydrogens is 292 g/mol. The lowest BCUT2D eigenvalue weighted by Gasteiger charge is -2.07. The van der Waals surface area contributed by atoms with Crippen LogP contribution >= 0.6 is 0 Å². The van der Waals surface area contributed by atoms with Crippen LogP contribution < -0.4 is 0 Å². The lowest BCUT2D eigenvalue weighted by atomic mass is 9.96. The van der Waals surface area contributed by atoms with E-state index in [1.54, 1.807) is 0 Å². The molecule has 0 aliphatic heterocycles. The van der Waals surface area contributed by atoms with Crippen LogP contribution in [0.15, 0.2) is 83.3 Å². The normalized spacial score (nSPS) is 11.5. The number of aryl methyl sites for hydroxylation is 1. The molecule has 1 heteroatoms. The van der Waals surface area contributed by atoms with Gasteiger partial charge in [-0.2, -0.15) is 0 Å². The van der Waals surface area contributed by atoms with Gasteiger partial charge in [0.2, 0.25) is 0 Å². The number of furan rings is 1. The summed E-state index contributed by atoms with van der Waals surface area (Å²) in [7, 11) is 0. The van der Waals surface area contributed by atoms with Crippen molar-refractivity contribution in [3.8, 4) is 11.1 Å². The third-order valence-corrected chi connectivity index (χ3v) is 4.81. The first-order valence-electron chi connectivity index (χ1n) is 8.22. The molecule has 0 bridgehead atoms. The van der Waals surface area contributed by atoms with E-state index in [9.17, 15) is 0 Å². The molecule has 5 rings (SSSR count). The van der Waals surface area contributed by atoms with E-state index in [0.29, 0.717) is 0 Å². The Labute approximate surface area is 140 Å². The molecule has 5 aromatic rings. The largest absolute Gasteiger partial charge is 0.455 e. The van der Waals surface area contributed by atoms with Crippen molar-refractivity contribution in [1.29, 1.82) is 0 Å². The van der Waals surface area contributed by atoms with E-state index >= 15 is 0 Å². The van der Waals surface area contributed by atoms with Crippen molar-refractivity contribution in [1.82, 2.24) is 0 Å². The molecule has 1 nitrogen and oxygen atoms in total. The number of hydrogen-bond donors (Lipinski definition) is 0. The smallest absolute Gasteiger partial charge is 0.143 e. The minimum absolute atomic E-state index is 0.956. The molecule has 0 saturated heterocycles. The van der Waals surface area contributed by atoms with Crippen molar-refractivity contribution in [3.63, 3.8) is 0 Å². The summed E-state index contributed by atoms with van der Waals surface area (Å²) in [5.41, 5.74) is 5.55. The van der Waals surface area contributed by atoms with E-state index in [4.69, 9.17) is 4.42 Å². The molecule has 0 aliphatic rings. The Bertz CT molecular complexity index is 1210. The number of rotatable bonds is 1. The van der Waals surface area contributed by atoms with E-state index in [1.165, 1.54) is 32.7 Å². The molecule has 114 valence electrons. The first kappa shape index (κ1) is 13.4. The van der Waals surface area contributed by atoms with Crippen molar-refractivity contribution in [2.24, 2.45) is 0 Å². The van der Waals surface area contributed by atoms with Gasteiger partial charge in [0.15, 0.2) is 0 Å². The zero-order valence-corrected chi connectivity index (χ0v) is 13.4. The molecule has 24 heavy (non-hydrogen) atoms. The van der Waals surface area contributed by atoms with Crippen molar-refractivity contribution in [3.05, 3.63) is 84.4 Å². The second kappa shape index (κ2) is 4.97. The highest BCUT2D eigenvalue weighted by Gasteiger charge is 2.14. The molecule has 0 fully saturated rings. The summed E-state index contributed by atoms with van der Waals surface area (Å²) in [6.07, 6.45) is 0. The van der Waals surface area contributed by atoms with Gasteiger partial charge in [0.1, 0.15) is 11.2 Å². The third kappa shape index (κ3) is 1.82. The molecule has 0 amide bonds. The van der Waals surface area contributed by atoms with Gasteiger partial charge in [-0.15, -0.1) is 0 Å². The Balaban J connectivity index is 1.93. The minimum Gasteiger partial charge on any atom is -0.455 e. The van der Waals surface area contributed by atoms with Gasteiger partial charge < -0.3 is 4.42 Å². The van der Waals surface area contributed by atoms with Crippen molar-refractivity contribution >= 4 is 32.7 Å². The van der Waals surface area contributed by atoms with Gasteiger partial charge in [0.05, 0.1) is 0 Å². The second-order valence-electron chi connectivity index (χ2n) is 6.26. The van der Waals surface area contributed by atoms with Crippen LogP contribution in [-0.4, -0.2) is 0 Å². The highest BCUT2D eigenvalue weighted by atomic mass is 16.3. The Morgan fingerprint density at radius 2 is 1.33 bits per heavy atom. The Morgan fingerprint density at radius 3 is 2.29 bits per heavy atom. The summed E-state index contributed by atoms with van der Waals surface area (Å²) in [4.78, 5) is 0. The molecular formula is C23H16O. The van der Waals surface area contributed by atoms with Gasteiger partial charge in [-0.1, -0.05) is 72.8 Å². The lowest BCUT2D eigenvalue weighted by Crippen LogP contribution is -1.82. The standard InChI is InChI=1S/C23H16O/c1-15-7-4-14-21-22(15)20-13-6-12-19(23(20)24-21)18-11-5-9-16-8-2-3-10-17(16)18/h2-14H,1H3. The molecule has 0 spiro atoms.